The van der Waals surface area contributed by atoms with E-state index in [0.29, 0.717) is 41.5 Å². The molecule has 1 saturated heterocycles. The van der Waals surface area contributed by atoms with Gasteiger partial charge in [-0.1, -0.05) is 77.8 Å². The summed E-state index contributed by atoms with van der Waals surface area (Å²) in [4.78, 5) is 39.3. The van der Waals surface area contributed by atoms with Crippen molar-refractivity contribution < 1.29 is 19.5 Å². The minimum absolute atomic E-state index is 0.163. The standard InChI is InChI=1S/C32H28Cl2N2O4S/c33-29-24(18-25-14-17-41-31(25)30(29)34)10-11-27(37)36-15-12-23(13-16-36)32(40)35-26(19-28(38)39)22-8-6-21(7-9-22)20-4-2-1-3-5-20/h1-11,14,17-18,23,26H,12-13,15-16,19H2,(H,35,40)(H,38,39)/b11-10+/t26-/m1/s1. The molecule has 0 bridgehead atoms. The second-order valence-corrected chi connectivity index (χ2v) is 11.7. The smallest absolute Gasteiger partial charge is 0.305 e. The van der Waals surface area contributed by atoms with E-state index in [1.54, 1.807) is 11.0 Å². The third kappa shape index (κ3) is 6.81. The molecule has 0 aliphatic carbocycles. The molecule has 4 aromatic rings. The maximum atomic E-state index is 13.1. The Labute approximate surface area is 252 Å². The van der Waals surface area contributed by atoms with Gasteiger partial charge in [0.25, 0.3) is 0 Å². The number of rotatable bonds is 8. The number of amides is 2. The van der Waals surface area contributed by atoms with E-state index < -0.39 is 12.0 Å². The van der Waals surface area contributed by atoms with Gasteiger partial charge in [-0.3, -0.25) is 14.4 Å². The van der Waals surface area contributed by atoms with E-state index in [1.807, 2.05) is 72.1 Å². The summed E-state index contributed by atoms with van der Waals surface area (Å²) in [5.41, 5.74) is 3.48. The van der Waals surface area contributed by atoms with E-state index in [-0.39, 0.29) is 24.2 Å². The van der Waals surface area contributed by atoms with Gasteiger partial charge in [0.1, 0.15) is 0 Å². The van der Waals surface area contributed by atoms with Crippen molar-refractivity contribution in [2.75, 3.05) is 13.1 Å². The monoisotopic (exact) mass is 606 g/mol. The number of hydrogen-bond acceptors (Lipinski definition) is 4. The van der Waals surface area contributed by atoms with Crippen molar-refractivity contribution in [2.45, 2.75) is 25.3 Å². The fourth-order valence-electron chi connectivity index (χ4n) is 5.07. The molecular weight excluding hydrogens is 579 g/mol. The molecule has 1 atom stereocenters. The number of nitrogens with zero attached hydrogens (tertiary/aromatic N) is 1. The van der Waals surface area contributed by atoms with Crippen molar-refractivity contribution in [2.24, 2.45) is 5.92 Å². The number of benzene rings is 3. The van der Waals surface area contributed by atoms with E-state index >= 15 is 0 Å². The largest absolute Gasteiger partial charge is 0.481 e. The van der Waals surface area contributed by atoms with E-state index in [1.165, 1.54) is 17.4 Å². The molecule has 0 unspecified atom stereocenters. The zero-order valence-corrected chi connectivity index (χ0v) is 24.4. The van der Waals surface area contributed by atoms with Gasteiger partial charge in [0.15, 0.2) is 0 Å². The lowest BCUT2D eigenvalue weighted by molar-refractivity contribution is -0.138. The summed E-state index contributed by atoms with van der Waals surface area (Å²) in [6.07, 6.45) is 3.92. The third-order valence-electron chi connectivity index (χ3n) is 7.35. The maximum Gasteiger partial charge on any atom is 0.305 e. The molecule has 6 nitrogen and oxygen atoms in total. The fourth-order valence-corrected chi connectivity index (χ4v) is 6.51. The van der Waals surface area contributed by atoms with Crippen molar-refractivity contribution >= 4 is 68.5 Å². The molecule has 0 saturated carbocycles. The summed E-state index contributed by atoms with van der Waals surface area (Å²) in [7, 11) is 0. The van der Waals surface area contributed by atoms with Gasteiger partial charge < -0.3 is 15.3 Å². The van der Waals surface area contributed by atoms with Crippen molar-refractivity contribution in [1.29, 1.82) is 0 Å². The first kappa shape index (κ1) is 28.9. The summed E-state index contributed by atoms with van der Waals surface area (Å²) >= 11 is 14.3. The van der Waals surface area contributed by atoms with Gasteiger partial charge in [0.05, 0.1) is 27.2 Å². The number of carboxylic acid groups (broad SMARTS) is 1. The average Bonchev–Trinajstić information content (AvgIpc) is 3.47. The highest BCUT2D eigenvalue weighted by atomic mass is 35.5. The lowest BCUT2D eigenvalue weighted by atomic mass is 9.94. The molecule has 2 heterocycles. The van der Waals surface area contributed by atoms with E-state index in [9.17, 15) is 19.5 Å². The molecule has 2 N–H and O–H groups in total. The number of halogens is 2. The average molecular weight is 608 g/mol. The summed E-state index contributed by atoms with van der Waals surface area (Å²) in [6, 6.07) is 20.7. The SMILES string of the molecule is O=C(O)C[C@@H](NC(=O)C1CCN(C(=O)/C=C/c2cc3ccsc3c(Cl)c2Cl)CC1)c1ccc(-c2ccccc2)cc1. The van der Waals surface area contributed by atoms with Crippen LogP contribution in [0.3, 0.4) is 0 Å². The van der Waals surface area contributed by atoms with Crippen LogP contribution in [0, 0.1) is 5.92 Å². The first-order valence-electron chi connectivity index (χ1n) is 13.3. The van der Waals surface area contributed by atoms with Crippen LogP contribution in [0.15, 0.2) is 78.2 Å². The molecule has 0 radical (unpaired) electrons. The zero-order chi connectivity index (χ0) is 28.9. The highest BCUT2D eigenvalue weighted by Gasteiger charge is 2.29. The van der Waals surface area contributed by atoms with E-state index in [2.05, 4.69) is 5.32 Å². The topological polar surface area (TPSA) is 86.7 Å². The minimum atomic E-state index is -0.992. The van der Waals surface area contributed by atoms with Crippen LogP contribution in [-0.4, -0.2) is 40.9 Å². The van der Waals surface area contributed by atoms with E-state index in [4.69, 9.17) is 23.2 Å². The number of piperidine rings is 1. The predicted molar refractivity (Wildman–Crippen MR) is 165 cm³/mol. The van der Waals surface area contributed by atoms with Crippen LogP contribution in [0.4, 0.5) is 0 Å². The van der Waals surface area contributed by atoms with Crippen LogP contribution in [0.2, 0.25) is 10.0 Å². The van der Waals surface area contributed by atoms with Gasteiger partial charge in [0.2, 0.25) is 11.8 Å². The van der Waals surface area contributed by atoms with Crippen molar-refractivity contribution in [3.05, 3.63) is 99.4 Å². The number of carboxylic acids is 1. The van der Waals surface area contributed by atoms with E-state index in [0.717, 1.165) is 26.8 Å². The second-order valence-electron chi connectivity index (χ2n) is 10.0. The molecular formula is C32H28Cl2N2O4S. The Balaban J connectivity index is 1.19. The summed E-state index contributed by atoms with van der Waals surface area (Å²) in [5, 5.41) is 16.2. The summed E-state index contributed by atoms with van der Waals surface area (Å²) in [6.45, 7) is 0.851. The van der Waals surface area contributed by atoms with Gasteiger partial charge in [0, 0.05) is 25.1 Å². The number of carbonyl (C=O) groups is 3. The number of hydrogen-bond donors (Lipinski definition) is 2. The summed E-state index contributed by atoms with van der Waals surface area (Å²) < 4.78 is 0.912. The maximum absolute atomic E-state index is 13.1. The molecule has 1 aliphatic rings. The summed E-state index contributed by atoms with van der Waals surface area (Å²) in [5.74, 6) is -1.66. The number of likely N-dealkylation sites (tertiary alicyclic amines) is 1. The van der Waals surface area contributed by atoms with Crippen molar-refractivity contribution in [3.8, 4) is 11.1 Å². The van der Waals surface area contributed by atoms with Gasteiger partial charge in [-0.25, -0.2) is 0 Å². The highest BCUT2D eigenvalue weighted by Crippen LogP contribution is 2.37. The molecule has 1 fully saturated rings. The van der Waals surface area contributed by atoms with Crippen molar-refractivity contribution in [1.82, 2.24) is 10.2 Å². The Hall–Kier alpha value is -3.65. The molecule has 0 spiro atoms. The third-order valence-corrected chi connectivity index (χ3v) is 9.29. The Kier molecular flexibility index (Phi) is 9.08. The fraction of sp³-hybridized carbons (Fsp3) is 0.219. The molecule has 210 valence electrons. The van der Waals surface area contributed by atoms with Crippen LogP contribution in [0.1, 0.15) is 36.4 Å². The van der Waals surface area contributed by atoms with Crippen LogP contribution < -0.4 is 5.32 Å². The van der Waals surface area contributed by atoms with Gasteiger partial charge in [-0.15, -0.1) is 11.3 Å². The number of thiophene rings is 1. The number of carbonyl (C=O) groups excluding carboxylic acids is 2. The van der Waals surface area contributed by atoms with Crippen LogP contribution >= 0.6 is 34.5 Å². The van der Waals surface area contributed by atoms with Crippen LogP contribution in [-0.2, 0) is 14.4 Å². The van der Waals surface area contributed by atoms with Gasteiger partial charge in [-0.2, -0.15) is 0 Å². The normalized spacial score (nSPS) is 14.8. The zero-order valence-electron chi connectivity index (χ0n) is 22.1. The number of aliphatic carboxylic acids is 1. The molecule has 41 heavy (non-hydrogen) atoms. The minimum Gasteiger partial charge on any atom is -0.481 e. The number of nitrogens with one attached hydrogen (secondary N) is 1. The highest BCUT2D eigenvalue weighted by molar-refractivity contribution is 7.18. The van der Waals surface area contributed by atoms with Crippen LogP contribution in [0.25, 0.3) is 27.3 Å². The van der Waals surface area contributed by atoms with Gasteiger partial charge in [-0.05, 0) is 64.1 Å². The molecule has 2 amide bonds. The molecule has 1 aromatic heterocycles. The van der Waals surface area contributed by atoms with Gasteiger partial charge >= 0.3 is 5.97 Å². The Morgan fingerprint density at radius 3 is 2.34 bits per heavy atom. The molecule has 1 aliphatic heterocycles. The molecule has 3 aromatic carbocycles. The van der Waals surface area contributed by atoms with Crippen LogP contribution in [0.5, 0.6) is 0 Å². The Morgan fingerprint density at radius 1 is 0.976 bits per heavy atom. The lowest BCUT2D eigenvalue weighted by Crippen LogP contribution is -2.43. The second kappa shape index (κ2) is 12.9. The molecule has 9 heteroatoms. The lowest BCUT2D eigenvalue weighted by Gasteiger charge is -2.31. The van der Waals surface area contributed by atoms with Crippen molar-refractivity contribution in [3.63, 3.8) is 0 Å². The Morgan fingerprint density at radius 2 is 1.66 bits per heavy atom. The predicted octanol–water partition coefficient (Wildman–Crippen LogP) is 7.46. The Bertz CT molecular complexity index is 1590. The number of fused-ring (bicyclic) bond motifs is 1. The first-order valence-corrected chi connectivity index (χ1v) is 14.9. The quantitative estimate of drug-likeness (QED) is 0.204. The molecule has 5 rings (SSSR count). The first-order chi connectivity index (χ1) is 19.8.